The monoisotopic (exact) mass is 337 g/mol. The van der Waals surface area contributed by atoms with Crippen molar-refractivity contribution < 1.29 is 4.74 Å². The summed E-state index contributed by atoms with van der Waals surface area (Å²) >= 11 is 3.61. The molecule has 1 aromatic carbocycles. The molecule has 108 valence electrons. The van der Waals surface area contributed by atoms with E-state index in [9.17, 15) is 0 Å². The van der Waals surface area contributed by atoms with Gasteiger partial charge in [0.15, 0.2) is 0 Å². The van der Waals surface area contributed by atoms with Gasteiger partial charge in [-0.15, -0.1) is 0 Å². The van der Waals surface area contributed by atoms with Gasteiger partial charge in [0.2, 0.25) is 0 Å². The van der Waals surface area contributed by atoms with E-state index < -0.39 is 0 Å². The van der Waals surface area contributed by atoms with Gasteiger partial charge in [-0.05, 0) is 34.5 Å². The summed E-state index contributed by atoms with van der Waals surface area (Å²) in [6.45, 7) is 4.34. The third-order valence-corrected chi connectivity index (χ3v) is 4.00. The van der Waals surface area contributed by atoms with Crippen LogP contribution in [0.25, 0.3) is 0 Å². The molecular formula is C15H20BrN3O. The molecule has 0 radical (unpaired) electrons. The molecule has 4 nitrogen and oxygen atoms in total. The number of ether oxygens (including phenoxy) is 1. The second-order valence-electron chi connectivity index (χ2n) is 4.52. The summed E-state index contributed by atoms with van der Waals surface area (Å²) in [5.74, 6) is 0.907. The molecule has 2 rings (SSSR count). The number of halogens is 1. The number of aryl methyl sites for hydroxylation is 2. The fraction of sp³-hybridized carbons (Fsp3) is 0.400. The molecule has 0 amide bonds. The Morgan fingerprint density at radius 3 is 2.70 bits per heavy atom. The van der Waals surface area contributed by atoms with Crippen LogP contribution < -0.4 is 10.1 Å². The summed E-state index contributed by atoms with van der Waals surface area (Å²) in [5.41, 5.74) is 2.27. The second-order valence-corrected chi connectivity index (χ2v) is 5.32. The molecular weight excluding hydrogens is 318 g/mol. The van der Waals surface area contributed by atoms with Crippen molar-refractivity contribution in [2.75, 3.05) is 13.2 Å². The number of para-hydroxylation sites is 1. The van der Waals surface area contributed by atoms with Gasteiger partial charge in [0, 0.05) is 20.1 Å². The Hall–Kier alpha value is -1.33. The van der Waals surface area contributed by atoms with Gasteiger partial charge < -0.3 is 10.1 Å². The fourth-order valence-corrected chi connectivity index (χ4v) is 2.73. The Balaban J connectivity index is 1.75. The van der Waals surface area contributed by atoms with E-state index >= 15 is 0 Å². The highest BCUT2D eigenvalue weighted by Crippen LogP contribution is 2.21. The van der Waals surface area contributed by atoms with Gasteiger partial charge in [-0.1, -0.05) is 25.1 Å². The number of hydrogen-bond acceptors (Lipinski definition) is 3. The molecule has 0 aliphatic heterocycles. The third-order valence-electron chi connectivity index (χ3n) is 3.09. The fourth-order valence-electron chi connectivity index (χ4n) is 1.98. The Bertz CT molecular complexity index is 540. The van der Waals surface area contributed by atoms with Crippen molar-refractivity contribution in [1.82, 2.24) is 15.1 Å². The van der Waals surface area contributed by atoms with Crippen molar-refractivity contribution in [2.45, 2.75) is 19.9 Å². The summed E-state index contributed by atoms with van der Waals surface area (Å²) in [5, 5.41) is 7.85. The molecule has 0 spiro atoms. The van der Waals surface area contributed by atoms with Crippen LogP contribution in [0.3, 0.4) is 0 Å². The zero-order valence-electron chi connectivity index (χ0n) is 11.9. The zero-order chi connectivity index (χ0) is 14.4. The van der Waals surface area contributed by atoms with Gasteiger partial charge in [0.25, 0.3) is 0 Å². The maximum Gasteiger partial charge on any atom is 0.119 e. The normalized spacial score (nSPS) is 10.8. The maximum absolute atomic E-state index is 5.63. The predicted octanol–water partition coefficient (Wildman–Crippen LogP) is 2.91. The molecule has 0 atom stereocenters. The molecule has 1 N–H and O–H groups in total. The van der Waals surface area contributed by atoms with Crippen LogP contribution >= 0.6 is 15.9 Å². The topological polar surface area (TPSA) is 39.1 Å². The molecule has 0 saturated heterocycles. The molecule has 20 heavy (non-hydrogen) atoms. The van der Waals surface area contributed by atoms with Gasteiger partial charge >= 0.3 is 0 Å². The van der Waals surface area contributed by atoms with Crippen LogP contribution in [-0.4, -0.2) is 22.9 Å². The highest BCUT2D eigenvalue weighted by Gasteiger charge is 2.11. The van der Waals surface area contributed by atoms with Crippen molar-refractivity contribution in [2.24, 2.45) is 7.05 Å². The second kappa shape index (κ2) is 7.45. The molecule has 1 aromatic heterocycles. The van der Waals surface area contributed by atoms with Crippen LogP contribution in [0.2, 0.25) is 0 Å². The van der Waals surface area contributed by atoms with Crippen LogP contribution in [-0.2, 0) is 20.0 Å². The molecule has 0 saturated carbocycles. The minimum Gasteiger partial charge on any atom is -0.492 e. The molecule has 1 heterocycles. The molecule has 0 fully saturated rings. The lowest BCUT2D eigenvalue weighted by molar-refractivity contribution is 0.313. The van der Waals surface area contributed by atoms with Crippen molar-refractivity contribution in [3.63, 3.8) is 0 Å². The number of aromatic nitrogens is 2. The zero-order valence-corrected chi connectivity index (χ0v) is 13.5. The first-order chi connectivity index (χ1) is 9.72. The number of hydrogen-bond donors (Lipinski definition) is 1. The first kappa shape index (κ1) is 15.1. The van der Waals surface area contributed by atoms with E-state index in [1.54, 1.807) is 0 Å². The first-order valence-electron chi connectivity index (χ1n) is 6.81. The highest BCUT2D eigenvalue weighted by atomic mass is 79.9. The minimum absolute atomic E-state index is 0.653. The quantitative estimate of drug-likeness (QED) is 0.789. The van der Waals surface area contributed by atoms with E-state index in [1.165, 1.54) is 5.69 Å². The lowest BCUT2D eigenvalue weighted by atomic mass is 10.3. The minimum atomic E-state index is 0.653. The van der Waals surface area contributed by atoms with Gasteiger partial charge in [0.05, 0.1) is 15.9 Å². The van der Waals surface area contributed by atoms with E-state index in [4.69, 9.17) is 4.74 Å². The number of benzene rings is 1. The van der Waals surface area contributed by atoms with Crippen LogP contribution in [0.5, 0.6) is 5.75 Å². The Morgan fingerprint density at radius 1 is 1.30 bits per heavy atom. The van der Waals surface area contributed by atoms with Crippen molar-refractivity contribution in [3.8, 4) is 5.75 Å². The molecule has 0 aliphatic rings. The van der Waals surface area contributed by atoms with Crippen molar-refractivity contribution in [3.05, 3.63) is 46.2 Å². The summed E-state index contributed by atoms with van der Waals surface area (Å²) in [6.07, 6.45) is 0.936. The van der Waals surface area contributed by atoms with E-state index in [2.05, 4.69) is 33.3 Å². The molecule has 0 unspecified atom stereocenters. The highest BCUT2D eigenvalue weighted by molar-refractivity contribution is 9.10. The van der Waals surface area contributed by atoms with E-state index in [1.807, 2.05) is 42.1 Å². The van der Waals surface area contributed by atoms with Crippen molar-refractivity contribution in [1.29, 1.82) is 0 Å². The summed E-state index contributed by atoms with van der Waals surface area (Å²) in [7, 11) is 1.97. The summed E-state index contributed by atoms with van der Waals surface area (Å²) in [4.78, 5) is 0. The number of nitrogens with zero attached hydrogens (tertiary/aromatic N) is 2. The van der Waals surface area contributed by atoms with Crippen LogP contribution in [0.1, 0.15) is 18.3 Å². The first-order valence-corrected chi connectivity index (χ1v) is 7.60. The van der Waals surface area contributed by atoms with Gasteiger partial charge in [-0.25, -0.2) is 0 Å². The van der Waals surface area contributed by atoms with Gasteiger partial charge in [-0.3, -0.25) is 4.68 Å². The van der Waals surface area contributed by atoms with Crippen LogP contribution in [0.4, 0.5) is 0 Å². The maximum atomic E-state index is 5.63. The SMILES string of the molecule is CCc1nn(C)c(CNCCOc2ccccc2)c1Br. The average Bonchev–Trinajstić information content (AvgIpc) is 2.75. The van der Waals surface area contributed by atoms with E-state index in [-0.39, 0.29) is 0 Å². The van der Waals surface area contributed by atoms with Gasteiger partial charge in [0.1, 0.15) is 12.4 Å². The molecule has 0 aliphatic carbocycles. The Kier molecular flexibility index (Phi) is 5.61. The standard InChI is InChI=1S/C15H20BrN3O/c1-3-13-15(16)14(19(2)18-13)11-17-9-10-20-12-7-5-4-6-8-12/h4-8,17H,3,9-11H2,1-2H3. The van der Waals surface area contributed by atoms with Gasteiger partial charge in [-0.2, -0.15) is 5.10 Å². The lowest BCUT2D eigenvalue weighted by Gasteiger charge is -2.08. The van der Waals surface area contributed by atoms with Crippen LogP contribution in [0, 0.1) is 0 Å². The molecule has 2 aromatic rings. The molecule has 5 heteroatoms. The average molecular weight is 338 g/mol. The molecule has 0 bridgehead atoms. The lowest BCUT2D eigenvalue weighted by Crippen LogP contribution is -2.22. The smallest absolute Gasteiger partial charge is 0.119 e. The Labute approximate surface area is 128 Å². The summed E-state index contributed by atoms with van der Waals surface area (Å²) in [6, 6.07) is 9.86. The third kappa shape index (κ3) is 3.84. The predicted molar refractivity (Wildman–Crippen MR) is 83.9 cm³/mol. The van der Waals surface area contributed by atoms with Crippen molar-refractivity contribution >= 4 is 15.9 Å². The number of nitrogens with one attached hydrogen (secondary N) is 1. The van der Waals surface area contributed by atoms with E-state index in [0.29, 0.717) is 6.61 Å². The number of rotatable bonds is 7. The van der Waals surface area contributed by atoms with E-state index in [0.717, 1.165) is 35.4 Å². The largest absolute Gasteiger partial charge is 0.492 e. The Morgan fingerprint density at radius 2 is 2.05 bits per heavy atom. The van der Waals surface area contributed by atoms with Crippen LogP contribution in [0.15, 0.2) is 34.8 Å². The summed E-state index contributed by atoms with van der Waals surface area (Å²) < 4.78 is 8.67.